The highest BCUT2D eigenvalue weighted by atomic mass is 35.5. The number of rotatable bonds is 8. The molecule has 192 valence electrons. The number of phosphoric acid groups is 3. The number of aromatic nitrogens is 2. The van der Waals surface area contributed by atoms with Crippen molar-refractivity contribution in [3.8, 4) is 11.3 Å². The van der Waals surface area contributed by atoms with Crippen molar-refractivity contribution in [3.63, 3.8) is 0 Å². The fourth-order valence-corrected chi connectivity index (χ4v) is 6.39. The minimum absolute atomic E-state index is 0.0538. The van der Waals surface area contributed by atoms with Gasteiger partial charge in [-0.05, 0) is 31.4 Å². The van der Waals surface area contributed by atoms with Gasteiger partial charge < -0.3 is 34.5 Å². The average Bonchev–Trinajstić information content (AvgIpc) is 2.83. The molecule has 1 aromatic rings. The van der Waals surface area contributed by atoms with Gasteiger partial charge in [0.05, 0.1) is 6.10 Å². The first kappa shape index (κ1) is 29.1. The van der Waals surface area contributed by atoms with E-state index in [1.807, 2.05) is 10.9 Å². The van der Waals surface area contributed by atoms with E-state index < -0.39 is 64.9 Å². The number of hydrogen-bond acceptors (Lipinski definition) is 11. The van der Waals surface area contributed by atoms with Gasteiger partial charge in [-0.1, -0.05) is 0 Å². The number of nitrogens with one attached hydrogen (secondary N) is 1. The van der Waals surface area contributed by atoms with Gasteiger partial charge in [-0.2, -0.15) is 8.62 Å². The van der Waals surface area contributed by atoms with Crippen LogP contribution in [0.5, 0.6) is 0 Å². The molecule has 0 aromatic carbocycles. The van der Waals surface area contributed by atoms with Crippen molar-refractivity contribution in [2.45, 2.75) is 44.0 Å². The van der Waals surface area contributed by atoms with Crippen LogP contribution >= 0.6 is 35.1 Å². The van der Waals surface area contributed by atoms with Crippen LogP contribution in [-0.4, -0.2) is 63.3 Å². The van der Waals surface area contributed by atoms with E-state index in [4.69, 9.17) is 26.1 Å². The maximum absolute atomic E-state index is 12.3. The lowest BCUT2D eigenvalue weighted by molar-refractivity contribution is -0.0877. The van der Waals surface area contributed by atoms with E-state index in [0.717, 1.165) is 13.0 Å². The van der Waals surface area contributed by atoms with Gasteiger partial charge in [-0.15, -0.1) is 0 Å². The van der Waals surface area contributed by atoms with Gasteiger partial charge in [0.25, 0.3) is 5.56 Å². The van der Waals surface area contributed by atoms with Gasteiger partial charge in [0.2, 0.25) is 5.60 Å². The fourth-order valence-electron chi connectivity index (χ4n) is 3.04. The molecule has 7 N–H and O–H groups in total. The first-order valence-electron chi connectivity index (χ1n) is 8.65. The summed E-state index contributed by atoms with van der Waals surface area (Å²) in [4.78, 5) is 61.7. The number of aromatic amines is 1. The Morgan fingerprint density at radius 1 is 1.21 bits per heavy atom. The summed E-state index contributed by atoms with van der Waals surface area (Å²) in [7, 11) is -17.1. The molecule has 1 aliphatic heterocycles. The molecule has 7 atom stereocenters. The maximum atomic E-state index is 12.3. The Labute approximate surface area is 194 Å². The second-order valence-electron chi connectivity index (χ2n) is 6.79. The van der Waals surface area contributed by atoms with Crippen LogP contribution < -0.4 is 11.2 Å². The second-order valence-corrected chi connectivity index (χ2v) is 11.4. The first-order valence-corrected chi connectivity index (χ1v) is 13.6. The van der Waals surface area contributed by atoms with Crippen LogP contribution in [0, 0.1) is 18.2 Å². The summed E-state index contributed by atoms with van der Waals surface area (Å²) < 4.78 is 52.1. The molecule has 3 unspecified atom stereocenters. The van der Waals surface area contributed by atoms with E-state index >= 15 is 0 Å². The summed E-state index contributed by atoms with van der Waals surface area (Å²) in [6.07, 6.45) is -7.54. The molecule has 21 heteroatoms. The average molecular weight is 571 g/mol. The molecule has 1 aliphatic rings. The Bertz CT molecular complexity index is 1260. The van der Waals surface area contributed by atoms with Crippen molar-refractivity contribution in [3.05, 3.63) is 32.6 Å². The summed E-state index contributed by atoms with van der Waals surface area (Å²) in [5, 5.41) is 23.3. The SMILES string of the molecule is Cc1cc(=O)[nH]c(=O)n1[C@@H]1O[C@H]([C@@H](C)OP(=O)(O)OP(=O)(O)OP(=O)(O)O)C(O)[C@]1(O)C#CCl. The van der Waals surface area contributed by atoms with E-state index in [1.165, 1.54) is 6.92 Å². The number of aliphatic hydroxyl groups excluding tert-OH is 1. The Morgan fingerprint density at radius 3 is 2.29 bits per heavy atom. The zero-order valence-electron chi connectivity index (χ0n) is 16.9. The Morgan fingerprint density at radius 2 is 1.79 bits per heavy atom. The number of H-pyrrole nitrogens is 1. The van der Waals surface area contributed by atoms with Gasteiger partial charge in [0, 0.05) is 17.1 Å². The molecule has 1 saturated heterocycles. The summed E-state index contributed by atoms with van der Waals surface area (Å²) >= 11 is 5.35. The van der Waals surface area contributed by atoms with Crippen LogP contribution in [0.3, 0.4) is 0 Å². The second kappa shape index (κ2) is 10.1. The monoisotopic (exact) mass is 570 g/mol. The zero-order chi connectivity index (χ0) is 26.3. The van der Waals surface area contributed by atoms with Gasteiger partial charge in [-0.3, -0.25) is 18.9 Å². The van der Waals surface area contributed by atoms with Crippen molar-refractivity contribution in [1.29, 1.82) is 0 Å². The molecule has 0 spiro atoms. The molecule has 2 heterocycles. The molecule has 34 heavy (non-hydrogen) atoms. The highest BCUT2D eigenvalue weighted by Crippen LogP contribution is 2.66. The van der Waals surface area contributed by atoms with Crippen molar-refractivity contribution in [2.75, 3.05) is 0 Å². The minimum atomic E-state index is -5.83. The summed E-state index contributed by atoms with van der Waals surface area (Å²) in [6, 6.07) is 0.953. The van der Waals surface area contributed by atoms with Crippen LogP contribution in [0.15, 0.2) is 15.7 Å². The van der Waals surface area contributed by atoms with E-state index in [-0.39, 0.29) is 5.69 Å². The predicted molar refractivity (Wildman–Crippen MR) is 109 cm³/mol. The summed E-state index contributed by atoms with van der Waals surface area (Å²) in [5.74, 6) is 2.03. The molecule has 0 amide bonds. The highest BCUT2D eigenvalue weighted by Gasteiger charge is 2.59. The van der Waals surface area contributed by atoms with Crippen LogP contribution in [-0.2, 0) is 31.6 Å². The van der Waals surface area contributed by atoms with E-state index in [9.17, 15) is 43.3 Å². The standard InChI is InChI=1S/C13H18ClN2O15P3/c1-6-5-8(17)15-12(19)16(6)11-13(20,3-4-14)10(18)9(28-11)7(2)29-33(24,25)31-34(26,27)30-32(21,22)23/h5,7,9-11,18,20H,1-2H3,(H,24,25)(H,26,27)(H,15,17,19)(H2,21,22,23)/t7-,9-,10?,11-,13-/m1/s1. The van der Waals surface area contributed by atoms with E-state index in [0.29, 0.717) is 4.57 Å². The molecular weight excluding hydrogens is 553 g/mol. The molecule has 0 radical (unpaired) electrons. The van der Waals surface area contributed by atoms with Gasteiger partial charge >= 0.3 is 29.2 Å². The number of aliphatic hydroxyl groups is 2. The van der Waals surface area contributed by atoms with Crippen LogP contribution in [0.4, 0.5) is 0 Å². The third-order valence-electron chi connectivity index (χ3n) is 4.25. The number of hydrogen-bond donors (Lipinski definition) is 7. The van der Waals surface area contributed by atoms with Crippen LogP contribution in [0.1, 0.15) is 18.8 Å². The maximum Gasteiger partial charge on any atom is 0.490 e. The Kier molecular flexibility index (Phi) is 8.59. The third-order valence-corrected chi connectivity index (χ3v) is 8.27. The molecule has 0 bridgehead atoms. The zero-order valence-corrected chi connectivity index (χ0v) is 20.4. The fraction of sp³-hybridized carbons (Fsp3) is 0.538. The largest absolute Gasteiger partial charge is 0.490 e. The Balaban J connectivity index is 2.37. The van der Waals surface area contributed by atoms with Crippen molar-refractivity contribution < 1.29 is 61.4 Å². The predicted octanol–water partition coefficient (Wildman–Crippen LogP) is -1.23. The quantitative estimate of drug-likeness (QED) is 0.142. The van der Waals surface area contributed by atoms with Crippen molar-refractivity contribution in [2.24, 2.45) is 0 Å². The smallest absolute Gasteiger partial charge is 0.386 e. The van der Waals surface area contributed by atoms with Gasteiger partial charge in [0.1, 0.15) is 12.2 Å². The summed E-state index contributed by atoms with van der Waals surface area (Å²) in [6.45, 7) is 2.25. The molecule has 2 rings (SSSR count). The highest BCUT2D eigenvalue weighted by molar-refractivity contribution is 7.66. The first-order chi connectivity index (χ1) is 15.3. The molecule has 17 nitrogen and oxygen atoms in total. The molecular formula is C13H18ClN2O15P3. The number of halogens is 1. The molecule has 0 saturated carbocycles. The number of phosphoric ester groups is 1. The van der Waals surface area contributed by atoms with Gasteiger partial charge in [-0.25, -0.2) is 18.5 Å². The minimum Gasteiger partial charge on any atom is -0.386 e. The van der Waals surface area contributed by atoms with E-state index in [1.54, 1.807) is 5.38 Å². The molecule has 0 aliphatic carbocycles. The third kappa shape index (κ3) is 6.73. The van der Waals surface area contributed by atoms with Crippen LogP contribution in [0.25, 0.3) is 0 Å². The molecule has 1 fully saturated rings. The lowest BCUT2D eigenvalue weighted by Gasteiger charge is -2.27. The number of nitrogens with zero attached hydrogens (tertiary/aromatic N) is 1. The lowest BCUT2D eigenvalue weighted by atomic mass is 9.93. The van der Waals surface area contributed by atoms with Crippen molar-refractivity contribution in [1.82, 2.24) is 9.55 Å². The number of ether oxygens (including phenoxy) is 1. The topological polar surface area (TPSA) is 264 Å². The molecule has 1 aromatic heterocycles. The normalized spacial score (nSPS) is 29.5. The lowest BCUT2D eigenvalue weighted by Crippen LogP contribution is -2.49. The van der Waals surface area contributed by atoms with Crippen molar-refractivity contribution >= 4 is 35.1 Å². The summed E-state index contributed by atoms with van der Waals surface area (Å²) in [5.41, 5.74) is -4.57. The Hall–Kier alpha value is -1.18. The van der Waals surface area contributed by atoms with E-state index in [2.05, 4.69) is 13.1 Å². The van der Waals surface area contributed by atoms with Crippen LogP contribution in [0.2, 0.25) is 0 Å². The number of aryl methyl sites for hydroxylation is 1. The van der Waals surface area contributed by atoms with Gasteiger partial charge in [0.15, 0.2) is 6.23 Å².